The van der Waals surface area contributed by atoms with E-state index in [4.69, 9.17) is 4.74 Å². The van der Waals surface area contributed by atoms with Gasteiger partial charge in [0, 0.05) is 16.5 Å². The van der Waals surface area contributed by atoms with Crippen LogP contribution in [0.25, 0.3) is 0 Å². The van der Waals surface area contributed by atoms with Gasteiger partial charge in [-0.25, -0.2) is 12.8 Å². The Morgan fingerprint density at radius 2 is 1.93 bits per heavy atom. The fourth-order valence-corrected chi connectivity index (χ4v) is 7.56. The van der Waals surface area contributed by atoms with Gasteiger partial charge in [0.05, 0.1) is 31.1 Å². The second kappa shape index (κ2) is 7.79. The van der Waals surface area contributed by atoms with Crippen molar-refractivity contribution in [2.45, 2.75) is 17.7 Å². The average Bonchev–Trinajstić information content (AvgIpc) is 3.13. The van der Waals surface area contributed by atoms with Crippen LogP contribution in [0.1, 0.15) is 5.56 Å². The summed E-state index contributed by atoms with van der Waals surface area (Å²) in [5, 5.41) is 0.240. The SMILES string of the molecule is COc1ccccc1CC(=O)N=C1S[C@@H]2CS(=O)(=O)C[C@@H]2N1c1ccc(F)cc1. The monoisotopic (exact) mass is 434 g/mol. The van der Waals surface area contributed by atoms with Crippen molar-refractivity contribution in [3.63, 3.8) is 0 Å². The molecule has 2 saturated heterocycles. The third kappa shape index (κ3) is 4.16. The molecule has 2 fully saturated rings. The summed E-state index contributed by atoms with van der Waals surface area (Å²) >= 11 is 1.29. The zero-order valence-corrected chi connectivity index (χ0v) is 17.2. The maximum Gasteiger partial charge on any atom is 0.252 e. The van der Waals surface area contributed by atoms with Crippen LogP contribution in [0.15, 0.2) is 53.5 Å². The molecule has 0 unspecified atom stereocenters. The number of hydrogen-bond acceptors (Lipinski definition) is 5. The van der Waals surface area contributed by atoms with E-state index in [1.165, 1.54) is 23.9 Å². The molecule has 0 spiro atoms. The van der Waals surface area contributed by atoms with Crippen LogP contribution in [0, 0.1) is 5.82 Å². The number of amides is 1. The Morgan fingerprint density at radius 3 is 2.66 bits per heavy atom. The van der Waals surface area contributed by atoms with E-state index < -0.39 is 9.84 Å². The van der Waals surface area contributed by atoms with E-state index >= 15 is 0 Å². The summed E-state index contributed by atoms with van der Waals surface area (Å²) in [6.07, 6.45) is 0.0684. The first-order valence-electron chi connectivity index (χ1n) is 9.01. The Hall–Kier alpha value is -2.39. The van der Waals surface area contributed by atoms with Crippen LogP contribution in [0.2, 0.25) is 0 Å². The quantitative estimate of drug-likeness (QED) is 0.737. The summed E-state index contributed by atoms with van der Waals surface area (Å²) in [6.45, 7) is 0. The van der Waals surface area contributed by atoms with E-state index in [1.807, 2.05) is 12.1 Å². The molecule has 4 rings (SSSR count). The van der Waals surface area contributed by atoms with Gasteiger partial charge < -0.3 is 9.64 Å². The second-order valence-electron chi connectivity index (χ2n) is 6.92. The van der Waals surface area contributed by atoms with Crippen molar-refractivity contribution in [2.24, 2.45) is 4.99 Å². The summed E-state index contributed by atoms with van der Waals surface area (Å²) in [6, 6.07) is 12.7. The number of aliphatic imine (C=N–C) groups is 1. The number of amidine groups is 1. The Morgan fingerprint density at radius 1 is 1.21 bits per heavy atom. The third-order valence-electron chi connectivity index (χ3n) is 4.93. The minimum Gasteiger partial charge on any atom is -0.496 e. The molecular weight excluding hydrogens is 415 g/mol. The number of para-hydroxylation sites is 1. The number of carbonyl (C=O) groups excluding carboxylic acids is 1. The minimum absolute atomic E-state index is 0.0121. The number of hydrogen-bond donors (Lipinski definition) is 0. The minimum atomic E-state index is -3.16. The van der Waals surface area contributed by atoms with Gasteiger partial charge in [0.2, 0.25) is 0 Å². The Balaban J connectivity index is 1.64. The molecule has 0 N–H and O–H groups in total. The van der Waals surface area contributed by atoms with Crippen molar-refractivity contribution in [2.75, 3.05) is 23.5 Å². The molecule has 0 aromatic heterocycles. The number of halogens is 1. The van der Waals surface area contributed by atoms with Crippen molar-refractivity contribution in [1.29, 1.82) is 0 Å². The highest BCUT2D eigenvalue weighted by atomic mass is 32.2. The van der Waals surface area contributed by atoms with E-state index in [9.17, 15) is 17.6 Å². The van der Waals surface area contributed by atoms with E-state index in [0.29, 0.717) is 16.6 Å². The molecule has 29 heavy (non-hydrogen) atoms. The molecule has 9 heteroatoms. The molecule has 2 aliphatic rings. The summed E-state index contributed by atoms with van der Waals surface area (Å²) in [7, 11) is -1.62. The van der Waals surface area contributed by atoms with Gasteiger partial charge in [-0.05, 0) is 30.3 Å². The fraction of sp³-hybridized carbons (Fsp3) is 0.300. The summed E-state index contributed by atoms with van der Waals surface area (Å²) in [4.78, 5) is 18.7. The van der Waals surface area contributed by atoms with Crippen LogP contribution in [0.5, 0.6) is 5.75 Å². The van der Waals surface area contributed by atoms with Crippen LogP contribution < -0.4 is 9.64 Å². The Kier molecular flexibility index (Phi) is 5.35. The lowest BCUT2D eigenvalue weighted by molar-refractivity contribution is -0.117. The highest BCUT2D eigenvalue weighted by Gasteiger charge is 2.49. The molecule has 2 heterocycles. The topological polar surface area (TPSA) is 76.0 Å². The van der Waals surface area contributed by atoms with Crippen LogP contribution in [-0.4, -0.2) is 49.4 Å². The van der Waals surface area contributed by atoms with Crippen LogP contribution in [0.4, 0.5) is 10.1 Å². The Labute approximate surface area is 172 Å². The lowest BCUT2D eigenvalue weighted by atomic mass is 10.1. The van der Waals surface area contributed by atoms with E-state index in [-0.39, 0.29) is 40.9 Å². The first-order chi connectivity index (χ1) is 13.9. The molecule has 0 radical (unpaired) electrons. The Bertz CT molecular complexity index is 1070. The molecule has 0 bridgehead atoms. The van der Waals surface area contributed by atoms with Crippen LogP contribution in [-0.2, 0) is 21.1 Å². The molecule has 1 amide bonds. The standard InChI is InChI=1S/C20H19FN2O4S2/c1-27-17-5-3-2-4-13(17)10-19(24)22-20-23(15-8-6-14(21)7-9-15)16-11-29(25,26)12-18(16)28-20/h2-9,16,18H,10-12H2,1H3/t16-,18+/m0/s1. The number of fused-ring (bicyclic) bond motifs is 1. The number of nitrogens with zero attached hydrogens (tertiary/aromatic N) is 2. The zero-order valence-electron chi connectivity index (χ0n) is 15.6. The number of ether oxygens (including phenoxy) is 1. The molecule has 2 atom stereocenters. The average molecular weight is 435 g/mol. The van der Waals surface area contributed by atoms with Gasteiger partial charge in [-0.2, -0.15) is 4.99 Å². The maximum atomic E-state index is 13.4. The molecule has 2 aliphatic heterocycles. The fourth-order valence-electron chi connectivity index (χ4n) is 3.63. The van der Waals surface area contributed by atoms with Crippen molar-refractivity contribution in [1.82, 2.24) is 0 Å². The van der Waals surface area contributed by atoms with Gasteiger partial charge >= 0.3 is 0 Å². The number of sulfone groups is 1. The predicted octanol–water partition coefficient (Wildman–Crippen LogP) is 2.68. The predicted molar refractivity (Wildman–Crippen MR) is 112 cm³/mol. The number of thioether (sulfide) groups is 1. The summed E-state index contributed by atoms with van der Waals surface area (Å²) < 4.78 is 42.8. The van der Waals surface area contributed by atoms with Crippen LogP contribution >= 0.6 is 11.8 Å². The summed E-state index contributed by atoms with van der Waals surface area (Å²) in [5.41, 5.74) is 1.34. The van der Waals surface area contributed by atoms with E-state index in [2.05, 4.69) is 4.99 Å². The molecular formula is C20H19FN2O4S2. The molecule has 0 aliphatic carbocycles. The highest BCUT2D eigenvalue weighted by molar-refractivity contribution is 8.16. The van der Waals surface area contributed by atoms with Crippen molar-refractivity contribution < 1.29 is 22.3 Å². The summed E-state index contributed by atoms with van der Waals surface area (Å²) in [5.74, 6) is -0.103. The molecule has 2 aromatic carbocycles. The highest BCUT2D eigenvalue weighted by Crippen LogP contribution is 2.41. The first kappa shape index (κ1) is 19.9. The van der Waals surface area contributed by atoms with E-state index in [0.717, 1.165) is 5.56 Å². The number of benzene rings is 2. The van der Waals surface area contributed by atoms with Gasteiger partial charge in [-0.15, -0.1) is 0 Å². The van der Waals surface area contributed by atoms with Crippen molar-refractivity contribution >= 4 is 38.4 Å². The largest absolute Gasteiger partial charge is 0.496 e. The molecule has 2 aromatic rings. The zero-order chi connectivity index (χ0) is 20.6. The molecule has 152 valence electrons. The number of rotatable bonds is 4. The lowest BCUT2D eigenvalue weighted by Crippen LogP contribution is -2.37. The number of anilines is 1. The number of carbonyl (C=O) groups is 1. The normalized spacial score (nSPS) is 23.9. The molecule has 6 nitrogen and oxygen atoms in total. The maximum absolute atomic E-state index is 13.4. The van der Waals surface area contributed by atoms with Crippen molar-refractivity contribution in [3.05, 3.63) is 59.9 Å². The van der Waals surface area contributed by atoms with Gasteiger partial charge in [0.1, 0.15) is 11.6 Å². The van der Waals surface area contributed by atoms with Gasteiger partial charge in [-0.3, -0.25) is 4.79 Å². The first-order valence-corrected chi connectivity index (χ1v) is 11.7. The lowest BCUT2D eigenvalue weighted by Gasteiger charge is -2.24. The van der Waals surface area contributed by atoms with Crippen molar-refractivity contribution in [3.8, 4) is 5.75 Å². The van der Waals surface area contributed by atoms with Crippen LogP contribution in [0.3, 0.4) is 0 Å². The van der Waals surface area contributed by atoms with Gasteiger partial charge in [0.25, 0.3) is 5.91 Å². The van der Waals surface area contributed by atoms with Gasteiger partial charge in [-0.1, -0.05) is 30.0 Å². The number of methoxy groups -OCH3 is 1. The smallest absolute Gasteiger partial charge is 0.252 e. The van der Waals surface area contributed by atoms with Gasteiger partial charge in [0.15, 0.2) is 15.0 Å². The molecule has 0 saturated carbocycles. The second-order valence-corrected chi connectivity index (χ2v) is 10.3. The van der Waals surface area contributed by atoms with E-state index in [1.54, 1.807) is 36.3 Å². The third-order valence-corrected chi connectivity index (χ3v) is 8.14.